The molecule has 0 spiro atoms. The summed E-state index contributed by atoms with van der Waals surface area (Å²) >= 11 is 1.35. The second-order valence-corrected chi connectivity index (χ2v) is 5.07. The predicted molar refractivity (Wildman–Crippen MR) is 64.4 cm³/mol. The summed E-state index contributed by atoms with van der Waals surface area (Å²) in [6.07, 6.45) is 1.82. The van der Waals surface area contributed by atoms with Crippen LogP contribution in [0.4, 0.5) is 0 Å². The van der Waals surface area contributed by atoms with Crippen LogP contribution in [-0.2, 0) is 9.54 Å². The highest BCUT2D eigenvalue weighted by molar-refractivity contribution is 8.00. The van der Waals surface area contributed by atoms with Gasteiger partial charge in [-0.05, 0) is 43.7 Å². The number of benzene rings is 1. The lowest BCUT2D eigenvalue weighted by Gasteiger charge is -2.23. The van der Waals surface area contributed by atoms with Gasteiger partial charge in [0.1, 0.15) is 4.75 Å². The molecule has 0 aliphatic heterocycles. The fraction of sp³-hybridized carbons (Fsp3) is 0.417. The zero-order valence-corrected chi connectivity index (χ0v) is 10.3. The van der Waals surface area contributed by atoms with E-state index in [-0.39, 0.29) is 0 Å². The van der Waals surface area contributed by atoms with Gasteiger partial charge >= 0.3 is 5.97 Å². The third kappa shape index (κ3) is 2.17. The largest absolute Gasteiger partial charge is 0.480 e. The number of aryl methyl sites for hydroxylation is 2. The molecule has 1 unspecified atom stereocenters. The number of thioether (sulfide) groups is 1. The first-order chi connectivity index (χ1) is 6.91. The van der Waals surface area contributed by atoms with Gasteiger partial charge in [-0.2, -0.15) is 0 Å². The smallest absolute Gasteiger partial charge is 0.324 e. The summed E-state index contributed by atoms with van der Waals surface area (Å²) in [4.78, 5) is 11.2. The number of hydrogen-bond acceptors (Lipinski definition) is 2. The summed E-state index contributed by atoms with van der Waals surface area (Å²) in [7, 11) is 0. The van der Waals surface area contributed by atoms with Crippen molar-refractivity contribution < 1.29 is 9.90 Å². The first-order valence-electron chi connectivity index (χ1n) is 4.78. The number of rotatable bonds is 3. The van der Waals surface area contributed by atoms with Gasteiger partial charge in [-0.1, -0.05) is 18.2 Å². The van der Waals surface area contributed by atoms with Gasteiger partial charge in [-0.25, -0.2) is 0 Å². The Balaban J connectivity index is 3.25. The number of hydrogen-bond donors (Lipinski definition) is 1. The first-order valence-corrected chi connectivity index (χ1v) is 6.00. The first kappa shape index (κ1) is 12.1. The Hall–Kier alpha value is -0.960. The maximum absolute atomic E-state index is 11.2. The number of aliphatic carboxylic acids is 1. The van der Waals surface area contributed by atoms with Crippen LogP contribution in [0.25, 0.3) is 0 Å². The van der Waals surface area contributed by atoms with E-state index in [1.807, 2.05) is 38.3 Å². The van der Waals surface area contributed by atoms with E-state index in [2.05, 4.69) is 0 Å². The molecule has 0 heterocycles. The van der Waals surface area contributed by atoms with Crippen molar-refractivity contribution >= 4 is 17.7 Å². The van der Waals surface area contributed by atoms with Crippen molar-refractivity contribution in [1.29, 1.82) is 0 Å². The van der Waals surface area contributed by atoms with Gasteiger partial charge in [0.15, 0.2) is 0 Å². The van der Waals surface area contributed by atoms with Crippen molar-refractivity contribution in [2.45, 2.75) is 25.5 Å². The van der Waals surface area contributed by atoms with Crippen LogP contribution in [0.3, 0.4) is 0 Å². The molecule has 82 valence electrons. The molecule has 0 bridgehead atoms. The van der Waals surface area contributed by atoms with Gasteiger partial charge in [-0.15, -0.1) is 11.8 Å². The summed E-state index contributed by atoms with van der Waals surface area (Å²) in [5.74, 6) is -0.793. The Bertz CT molecular complexity index is 387. The van der Waals surface area contributed by atoms with Gasteiger partial charge in [0, 0.05) is 0 Å². The molecule has 15 heavy (non-hydrogen) atoms. The van der Waals surface area contributed by atoms with Gasteiger partial charge in [0.05, 0.1) is 0 Å². The Morgan fingerprint density at radius 2 is 1.93 bits per heavy atom. The fourth-order valence-corrected chi connectivity index (χ4v) is 1.90. The third-order valence-corrected chi connectivity index (χ3v) is 4.10. The van der Waals surface area contributed by atoms with E-state index in [4.69, 9.17) is 0 Å². The average Bonchev–Trinajstić information content (AvgIpc) is 2.20. The van der Waals surface area contributed by atoms with E-state index in [9.17, 15) is 9.90 Å². The normalized spacial score (nSPS) is 14.7. The highest BCUT2D eigenvalue weighted by Gasteiger charge is 2.34. The molecule has 1 atom stereocenters. The van der Waals surface area contributed by atoms with E-state index >= 15 is 0 Å². The van der Waals surface area contributed by atoms with Crippen LogP contribution in [0, 0.1) is 13.8 Å². The van der Waals surface area contributed by atoms with Crippen molar-refractivity contribution in [3.63, 3.8) is 0 Å². The molecule has 1 aromatic carbocycles. The summed E-state index contributed by atoms with van der Waals surface area (Å²) in [5, 5.41) is 9.23. The number of carbonyl (C=O) groups is 1. The minimum absolute atomic E-state index is 0.793. The lowest BCUT2D eigenvalue weighted by molar-refractivity contribution is -0.139. The molecular formula is C12H16O2S. The van der Waals surface area contributed by atoms with Crippen LogP contribution in [0.1, 0.15) is 23.6 Å². The van der Waals surface area contributed by atoms with Crippen LogP contribution in [0.15, 0.2) is 18.2 Å². The highest BCUT2D eigenvalue weighted by Crippen LogP contribution is 2.35. The summed E-state index contributed by atoms with van der Waals surface area (Å²) in [6.45, 7) is 5.77. The predicted octanol–water partition coefficient (Wildman–Crippen LogP) is 2.97. The van der Waals surface area contributed by atoms with Crippen LogP contribution in [0.2, 0.25) is 0 Å². The summed E-state index contributed by atoms with van der Waals surface area (Å²) < 4.78 is -0.849. The maximum atomic E-state index is 11.2. The van der Waals surface area contributed by atoms with Gasteiger partial charge in [0.2, 0.25) is 0 Å². The van der Waals surface area contributed by atoms with Crippen LogP contribution >= 0.6 is 11.8 Å². The summed E-state index contributed by atoms with van der Waals surface area (Å²) in [6, 6.07) is 5.83. The fourth-order valence-electron chi connectivity index (χ4n) is 1.37. The molecule has 0 aliphatic rings. The van der Waals surface area contributed by atoms with Crippen LogP contribution in [0.5, 0.6) is 0 Å². The zero-order valence-electron chi connectivity index (χ0n) is 9.50. The summed E-state index contributed by atoms with van der Waals surface area (Å²) in [5.41, 5.74) is 3.17. The Labute approximate surface area is 94.7 Å². The lowest BCUT2D eigenvalue weighted by Crippen LogP contribution is -2.28. The van der Waals surface area contributed by atoms with E-state index in [1.165, 1.54) is 17.3 Å². The second-order valence-electron chi connectivity index (χ2n) is 3.84. The molecule has 2 nitrogen and oxygen atoms in total. The zero-order chi connectivity index (χ0) is 11.6. The quantitative estimate of drug-likeness (QED) is 0.857. The Kier molecular flexibility index (Phi) is 3.45. The van der Waals surface area contributed by atoms with Crippen molar-refractivity contribution in [2.75, 3.05) is 6.26 Å². The maximum Gasteiger partial charge on any atom is 0.324 e. The second kappa shape index (κ2) is 4.27. The minimum atomic E-state index is -0.849. The van der Waals surface area contributed by atoms with Crippen molar-refractivity contribution in [1.82, 2.24) is 0 Å². The van der Waals surface area contributed by atoms with Crippen LogP contribution < -0.4 is 0 Å². The molecule has 0 fully saturated rings. The molecule has 0 aromatic heterocycles. The van der Waals surface area contributed by atoms with Gasteiger partial charge in [0.25, 0.3) is 0 Å². The Morgan fingerprint density at radius 1 is 1.33 bits per heavy atom. The third-order valence-electron chi connectivity index (χ3n) is 2.87. The monoisotopic (exact) mass is 224 g/mol. The van der Waals surface area contributed by atoms with Crippen molar-refractivity contribution in [3.8, 4) is 0 Å². The average molecular weight is 224 g/mol. The lowest BCUT2D eigenvalue weighted by atomic mass is 9.96. The molecule has 1 aromatic rings. The van der Waals surface area contributed by atoms with E-state index in [0.717, 1.165) is 11.1 Å². The van der Waals surface area contributed by atoms with Crippen molar-refractivity contribution in [3.05, 3.63) is 34.9 Å². The molecule has 1 rings (SSSR count). The SMILES string of the molecule is CSC(C)(C(=O)O)c1ccc(C)c(C)c1. The molecule has 3 heteroatoms. The van der Waals surface area contributed by atoms with E-state index in [1.54, 1.807) is 6.92 Å². The number of carboxylic acid groups (broad SMARTS) is 1. The molecular weight excluding hydrogens is 208 g/mol. The standard InChI is InChI=1S/C12H16O2S/c1-8-5-6-10(7-9(8)2)12(3,15-4)11(13)14/h5-7H,1-4H3,(H,13,14). The molecule has 0 saturated carbocycles. The molecule has 0 amide bonds. The van der Waals surface area contributed by atoms with Gasteiger partial charge < -0.3 is 5.11 Å². The molecule has 1 N–H and O–H groups in total. The van der Waals surface area contributed by atoms with Crippen LogP contribution in [-0.4, -0.2) is 17.3 Å². The molecule has 0 saturated heterocycles. The highest BCUT2D eigenvalue weighted by atomic mass is 32.2. The van der Waals surface area contributed by atoms with Crippen molar-refractivity contribution in [2.24, 2.45) is 0 Å². The van der Waals surface area contributed by atoms with Gasteiger partial charge in [-0.3, -0.25) is 4.79 Å². The topological polar surface area (TPSA) is 37.3 Å². The Morgan fingerprint density at radius 3 is 2.33 bits per heavy atom. The number of carboxylic acids is 1. The molecule has 0 aliphatic carbocycles. The van der Waals surface area contributed by atoms with E-state index in [0.29, 0.717) is 0 Å². The molecule has 0 radical (unpaired) electrons. The van der Waals surface area contributed by atoms with E-state index < -0.39 is 10.7 Å². The minimum Gasteiger partial charge on any atom is -0.480 e.